The first kappa shape index (κ1) is 12.4. The second-order valence-electron chi connectivity index (χ2n) is 4.91. The maximum atomic E-state index is 6.35. The van der Waals surface area contributed by atoms with Gasteiger partial charge in [-0.3, -0.25) is 0 Å². The van der Waals surface area contributed by atoms with Crippen molar-refractivity contribution in [1.82, 2.24) is 9.61 Å². The predicted molar refractivity (Wildman–Crippen MR) is 82.4 cm³/mol. The molecule has 0 aliphatic carbocycles. The number of rotatable bonds is 2. The Balaban J connectivity index is 1.86. The highest BCUT2D eigenvalue weighted by Crippen LogP contribution is 2.31. The van der Waals surface area contributed by atoms with Crippen LogP contribution < -0.4 is 5.73 Å². The van der Waals surface area contributed by atoms with Crippen LogP contribution in [0.4, 0.5) is 0 Å². The van der Waals surface area contributed by atoms with Crippen LogP contribution in [-0.2, 0) is 0 Å². The van der Waals surface area contributed by atoms with Gasteiger partial charge >= 0.3 is 0 Å². The number of nitrogens with two attached hydrogens (primary N) is 1. The van der Waals surface area contributed by atoms with Crippen molar-refractivity contribution in [2.45, 2.75) is 6.04 Å². The first-order chi connectivity index (χ1) is 10.2. The number of para-hydroxylation sites is 1. The number of hydrogen-bond donors (Lipinski definition) is 1. The molecule has 0 saturated heterocycles. The highest BCUT2D eigenvalue weighted by Gasteiger charge is 2.18. The van der Waals surface area contributed by atoms with Crippen LogP contribution in [-0.4, -0.2) is 9.61 Å². The highest BCUT2D eigenvalue weighted by molar-refractivity contribution is 6.34. The van der Waals surface area contributed by atoms with Crippen LogP contribution in [0.25, 0.3) is 16.5 Å². The number of aromatic nitrogens is 2. The molecule has 0 spiro atoms. The molecule has 0 amide bonds. The fourth-order valence-electron chi connectivity index (χ4n) is 2.55. The Labute approximate surface area is 125 Å². The first-order valence-corrected chi connectivity index (χ1v) is 6.97. The van der Waals surface area contributed by atoms with Crippen molar-refractivity contribution in [3.63, 3.8) is 0 Å². The van der Waals surface area contributed by atoms with E-state index in [0.29, 0.717) is 16.4 Å². The standard InChI is InChI=1S/C16H12ClN3O/c17-12-5-3-4-10-8-14(21-16(10)12)15(18)11-9-19-20-7-2-1-6-13(11)20/h1-9,15H,18H2. The summed E-state index contributed by atoms with van der Waals surface area (Å²) < 4.78 is 7.64. The number of benzene rings is 1. The van der Waals surface area contributed by atoms with Gasteiger partial charge in [0.15, 0.2) is 5.58 Å². The van der Waals surface area contributed by atoms with Crippen LogP contribution in [0.15, 0.2) is 59.3 Å². The summed E-state index contributed by atoms with van der Waals surface area (Å²) in [6.45, 7) is 0. The Kier molecular flexibility index (Phi) is 2.74. The molecule has 5 heteroatoms. The van der Waals surface area contributed by atoms with Gasteiger partial charge in [0, 0.05) is 17.1 Å². The summed E-state index contributed by atoms with van der Waals surface area (Å²) in [6.07, 6.45) is 3.66. The third-order valence-electron chi connectivity index (χ3n) is 3.61. The van der Waals surface area contributed by atoms with E-state index < -0.39 is 0 Å². The van der Waals surface area contributed by atoms with Crippen LogP contribution in [0.3, 0.4) is 0 Å². The Bertz CT molecular complexity index is 941. The summed E-state index contributed by atoms with van der Waals surface area (Å²) >= 11 is 6.14. The van der Waals surface area contributed by atoms with E-state index in [1.165, 1.54) is 0 Å². The van der Waals surface area contributed by atoms with Crippen LogP contribution in [0.5, 0.6) is 0 Å². The van der Waals surface area contributed by atoms with Crippen molar-refractivity contribution in [3.8, 4) is 0 Å². The fourth-order valence-corrected chi connectivity index (χ4v) is 2.77. The zero-order valence-electron chi connectivity index (χ0n) is 11.0. The molecule has 0 radical (unpaired) electrons. The lowest BCUT2D eigenvalue weighted by molar-refractivity contribution is 0.526. The molecule has 4 nitrogen and oxygen atoms in total. The molecule has 21 heavy (non-hydrogen) atoms. The minimum absolute atomic E-state index is 0.381. The van der Waals surface area contributed by atoms with E-state index in [-0.39, 0.29) is 6.04 Å². The lowest BCUT2D eigenvalue weighted by Gasteiger charge is -2.06. The quantitative estimate of drug-likeness (QED) is 0.612. The van der Waals surface area contributed by atoms with E-state index in [2.05, 4.69) is 5.10 Å². The molecule has 0 bridgehead atoms. The van der Waals surface area contributed by atoms with Crippen LogP contribution >= 0.6 is 11.6 Å². The highest BCUT2D eigenvalue weighted by atomic mass is 35.5. The normalized spacial score (nSPS) is 13.0. The van der Waals surface area contributed by atoms with Crippen molar-refractivity contribution in [2.24, 2.45) is 5.73 Å². The third kappa shape index (κ3) is 1.92. The number of furan rings is 1. The molecule has 4 rings (SSSR count). The number of fused-ring (bicyclic) bond motifs is 2. The molecule has 0 aliphatic heterocycles. The van der Waals surface area contributed by atoms with E-state index in [0.717, 1.165) is 16.5 Å². The summed E-state index contributed by atoms with van der Waals surface area (Å²) in [5.74, 6) is 0.678. The Morgan fingerprint density at radius 1 is 1.19 bits per heavy atom. The minimum atomic E-state index is -0.381. The Hall–Kier alpha value is -2.30. The molecule has 4 aromatic rings. The average molecular weight is 298 g/mol. The van der Waals surface area contributed by atoms with E-state index in [1.807, 2.05) is 42.6 Å². The summed E-state index contributed by atoms with van der Waals surface area (Å²) in [6, 6.07) is 13.1. The molecule has 3 heterocycles. The van der Waals surface area contributed by atoms with Gasteiger partial charge in [-0.2, -0.15) is 5.10 Å². The van der Waals surface area contributed by atoms with Gasteiger partial charge in [0.1, 0.15) is 5.76 Å². The van der Waals surface area contributed by atoms with Gasteiger partial charge in [0.2, 0.25) is 0 Å². The van der Waals surface area contributed by atoms with Crippen molar-refractivity contribution < 1.29 is 4.42 Å². The van der Waals surface area contributed by atoms with Crippen LogP contribution in [0.2, 0.25) is 5.02 Å². The third-order valence-corrected chi connectivity index (χ3v) is 3.91. The predicted octanol–water partition coefficient (Wildman–Crippen LogP) is 3.78. The lowest BCUT2D eigenvalue weighted by atomic mass is 10.1. The SMILES string of the molecule is NC(c1cc2cccc(Cl)c2o1)c1cnn2ccccc12. The summed E-state index contributed by atoms with van der Waals surface area (Å²) in [7, 11) is 0. The maximum absolute atomic E-state index is 6.35. The molecule has 0 aliphatic rings. The van der Waals surface area contributed by atoms with Gasteiger partial charge in [-0.25, -0.2) is 4.52 Å². The van der Waals surface area contributed by atoms with Gasteiger partial charge in [-0.15, -0.1) is 0 Å². The fraction of sp³-hybridized carbons (Fsp3) is 0.0625. The van der Waals surface area contributed by atoms with E-state index in [9.17, 15) is 0 Å². The van der Waals surface area contributed by atoms with Crippen molar-refractivity contribution in [1.29, 1.82) is 0 Å². The van der Waals surface area contributed by atoms with Gasteiger partial charge < -0.3 is 10.2 Å². The van der Waals surface area contributed by atoms with Crippen molar-refractivity contribution in [3.05, 3.63) is 71.2 Å². The first-order valence-electron chi connectivity index (χ1n) is 6.60. The Morgan fingerprint density at radius 3 is 2.95 bits per heavy atom. The van der Waals surface area contributed by atoms with E-state index >= 15 is 0 Å². The maximum Gasteiger partial charge on any atom is 0.152 e. The summed E-state index contributed by atoms with van der Waals surface area (Å²) in [5.41, 5.74) is 8.91. The topological polar surface area (TPSA) is 56.5 Å². The average Bonchev–Trinajstić information content (AvgIpc) is 3.11. The van der Waals surface area contributed by atoms with Gasteiger partial charge in [-0.05, 0) is 24.3 Å². The number of hydrogen-bond acceptors (Lipinski definition) is 3. The van der Waals surface area contributed by atoms with E-state index in [1.54, 1.807) is 16.8 Å². The molecule has 1 aromatic carbocycles. The molecule has 1 atom stereocenters. The van der Waals surface area contributed by atoms with Crippen molar-refractivity contribution >= 4 is 28.1 Å². The number of nitrogens with zero attached hydrogens (tertiary/aromatic N) is 2. The lowest BCUT2D eigenvalue weighted by Crippen LogP contribution is -2.10. The molecular formula is C16H12ClN3O. The largest absolute Gasteiger partial charge is 0.457 e. The second kappa shape index (κ2) is 4.62. The van der Waals surface area contributed by atoms with Crippen LogP contribution in [0.1, 0.15) is 17.4 Å². The van der Waals surface area contributed by atoms with Gasteiger partial charge in [0.25, 0.3) is 0 Å². The zero-order valence-corrected chi connectivity index (χ0v) is 11.8. The monoisotopic (exact) mass is 297 g/mol. The number of pyridine rings is 1. The molecule has 3 aromatic heterocycles. The minimum Gasteiger partial charge on any atom is -0.457 e. The summed E-state index contributed by atoms with van der Waals surface area (Å²) in [4.78, 5) is 0. The second-order valence-corrected chi connectivity index (χ2v) is 5.32. The molecular weight excluding hydrogens is 286 g/mol. The molecule has 0 fully saturated rings. The molecule has 104 valence electrons. The molecule has 0 saturated carbocycles. The van der Waals surface area contributed by atoms with Crippen LogP contribution in [0, 0.1) is 0 Å². The smallest absolute Gasteiger partial charge is 0.152 e. The Morgan fingerprint density at radius 2 is 2.10 bits per heavy atom. The van der Waals surface area contributed by atoms with Gasteiger partial charge in [-0.1, -0.05) is 29.8 Å². The molecule has 1 unspecified atom stereocenters. The van der Waals surface area contributed by atoms with Crippen molar-refractivity contribution in [2.75, 3.05) is 0 Å². The molecule has 2 N–H and O–H groups in total. The number of halogens is 1. The summed E-state index contributed by atoms with van der Waals surface area (Å²) in [5, 5.41) is 5.84. The van der Waals surface area contributed by atoms with E-state index in [4.69, 9.17) is 21.8 Å². The van der Waals surface area contributed by atoms with Gasteiger partial charge in [0.05, 0.1) is 22.8 Å². The zero-order chi connectivity index (χ0) is 14.4.